The number of aryl methyl sites for hydroxylation is 1. The van der Waals surface area contributed by atoms with Crippen molar-refractivity contribution in [2.45, 2.75) is 50.1 Å². The molecule has 0 radical (unpaired) electrons. The first-order chi connectivity index (χ1) is 13.2. The highest BCUT2D eigenvalue weighted by Crippen LogP contribution is 2.38. The van der Waals surface area contributed by atoms with Crippen LogP contribution in [0.1, 0.15) is 44.0 Å². The van der Waals surface area contributed by atoms with Crippen LogP contribution in [-0.4, -0.2) is 25.7 Å². The Hall–Kier alpha value is -2.19. The Morgan fingerprint density at radius 1 is 1.33 bits per heavy atom. The van der Waals surface area contributed by atoms with Crippen molar-refractivity contribution in [1.29, 1.82) is 0 Å². The second kappa shape index (κ2) is 7.82. The van der Waals surface area contributed by atoms with Crippen LogP contribution in [0.15, 0.2) is 41.1 Å². The summed E-state index contributed by atoms with van der Waals surface area (Å²) in [4.78, 5) is 18.6. The molecule has 0 unspecified atom stereocenters. The average Bonchev–Trinajstić information content (AvgIpc) is 3.23. The van der Waals surface area contributed by atoms with Crippen molar-refractivity contribution < 1.29 is 4.79 Å². The van der Waals surface area contributed by atoms with Crippen molar-refractivity contribution in [3.8, 4) is 0 Å². The summed E-state index contributed by atoms with van der Waals surface area (Å²) < 4.78 is 2.15. The van der Waals surface area contributed by atoms with E-state index < -0.39 is 0 Å². The number of hydrogen-bond donors (Lipinski definition) is 0. The quantitative estimate of drug-likeness (QED) is 0.543. The highest BCUT2D eigenvalue weighted by Gasteiger charge is 2.26. The Morgan fingerprint density at radius 3 is 2.78 bits per heavy atom. The lowest BCUT2D eigenvalue weighted by Crippen LogP contribution is -2.22. The third-order valence-corrected chi connectivity index (χ3v) is 6.34. The van der Waals surface area contributed by atoms with E-state index in [2.05, 4.69) is 38.8 Å². The first-order valence-electron chi connectivity index (χ1n) is 9.02. The summed E-state index contributed by atoms with van der Waals surface area (Å²) in [6.07, 6.45) is 5.20. The van der Waals surface area contributed by atoms with E-state index in [0.717, 1.165) is 23.0 Å². The summed E-state index contributed by atoms with van der Waals surface area (Å²) in [7, 11) is 0. The largest absolute Gasteiger partial charge is 0.306 e. The minimum Gasteiger partial charge on any atom is -0.306 e. The average molecular weight is 400 g/mol. The number of benzene rings is 1. The van der Waals surface area contributed by atoms with Gasteiger partial charge in [0.25, 0.3) is 0 Å². The summed E-state index contributed by atoms with van der Waals surface area (Å²) in [5.41, 5.74) is 3.04. The summed E-state index contributed by atoms with van der Waals surface area (Å²) >= 11 is 3.13. The Balaban J connectivity index is 1.48. The van der Waals surface area contributed by atoms with Gasteiger partial charge in [0.2, 0.25) is 5.91 Å². The van der Waals surface area contributed by atoms with E-state index in [0.29, 0.717) is 16.9 Å². The molecule has 0 N–H and O–H groups in total. The Labute approximate surface area is 166 Å². The summed E-state index contributed by atoms with van der Waals surface area (Å²) in [6, 6.07) is 8.64. The van der Waals surface area contributed by atoms with Gasteiger partial charge >= 0.3 is 0 Å². The molecule has 140 valence electrons. The molecule has 1 amide bonds. The molecule has 0 saturated heterocycles. The number of thiazole rings is 1. The molecule has 3 aromatic rings. The number of anilines is 2. The zero-order chi connectivity index (χ0) is 18.8. The normalized spacial score (nSPS) is 13.7. The minimum atomic E-state index is -0.0405. The van der Waals surface area contributed by atoms with Crippen LogP contribution in [0, 0.1) is 0 Å². The number of nitrogens with zero attached hydrogens (tertiary/aromatic N) is 5. The molecule has 1 aromatic carbocycles. The van der Waals surface area contributed by atoms with Crippen molar-refractivity contribution >= 4 is 39.8 Å². The molecule has 2 aromatic heterocycles. The molecular weight excluding hydrogens is 378 g/mol. The third kappa shape index (κ3) is 4.06. The van der Waals surface area contributed by atoms with Gasteiger partial charge in [-0.15, -0.1) is 21.5 Å². The minimum absolute atomic E-state index is 0.0405. The smallest absolute Gasteiger partial charge is 0.230 e. The highest BCUT2D eigenvalue weighted by atomic mass is 32.2. The van der Waals surface area contributed by atoms with Gasteiger partial charge in [-0.25, -0.2) is 4.98 Å². The molecule has 0 atom stereocenters. The van der Waals surface area contributed by atoms with Gasteiger partial charge < -0.3 is 4.57 Å². The van der Waals surface area contributed by atoms with Crippen LogP contribution in [-0.2, 0) is 17.0 Å². The third-order valence-electron chi connectivity index (χ3n) is 4.48. The van der Waals surface area contributed by atoms with E-state index >= 15 is 0 Å². The maximum absolute atomic E-state index is 12.2. The zero-order valence-electron chi connectivity index (χ0n) is 15.3. The van der Waals surface area contributed by atoms with Crippen LogP contribution < -0.4 is 4.90 Å². The molecule has 1 aliphatic carbocycles. The number of amides is 1. The van der Waals surface area contributed by atoms with Crippen molar-refractivity contribution in [2.75, 3.05) is 4.90 Å². The second-order valence-corrected chi connectivity index (χ2v) is 8.32. The van der Waals surface area contributed by atoms with Crippen molar-refractivity contribution in [1.82, 2.24) is 19.7 Å². The van der Waals surface area contributed by atoms with Crippen LogP contribution >= 0.6 is 23.1 Å². The van der Waals surface area contributed by atoms with Gasteiger partial charge in [-0.2, -0.15) is 0 Å². The van der Waals surface area contributed by atoms with E-state index in [4.69, 9.17) is 0 Å². The van der Waals surface area contributed by atoms with Gasteiger partial charge in [0.1, 0.15) is 6.33 Å². The molecular formula is C19H21N5OS2. The number of carbonyl (C=O) groups is 1. The van der Waals surface area contributed by atoms with Crippen LogP contribution in [0.2, 0.25) is 0 Å². The lowest BCUT2D eigenvalue weighted by atomic mass is 10.1. The van der Waals surface area contributed by atoms with Crippen LogP contribution in [0.25, 0.3) is 0 Å². The Kier molecular flexibility index (Phi) is 5.27. The van der Waals surface area contributed by atoms with E-state index in [1.165, 1.54) is 29.7 Å². The van der Waals surface area contributed by atoms with Crippen molar-refractivity contribution in [3.63, 3.8) is 0 Å². The SMILES string of the molecule is CCc1ccc(N(C(C)=O)c2nc(CSc3nncn3C3CC3)cs2)cc1. The maximum atomic E-state index is 12.2. The molecule has 2 heterocycles. The van der Waals surface area contributed by atoms with Gasteiger partial charge in [-0.05, 0) is 37.0 Å². The molecule has 1 aliphatic rings. The van der Waals surface area contributed by atoms with Crippen LogP contribution in [0.3, 0.4) is 0 Å². The molecule has 1 saturated carbocycles. The van der Waals surface area contributed by atoms with Gasteiger partial charge in [0.05, 0.1) is 11.4 Å². The van der Waals surface area contributed by atoms with Gasteiger partial charge in [-0.1, -0.05) is 30.8 Å². The summed E-state index contributed by atoms with van der Waals surface area (Å²) in [5, 5.41) is 11.9. The fourth-order valence-corrected chi connectivity index (χ4v) is 4.72. The molecule has 0 spiro atoms. The monoisotopic (exact) mass is 399 g/mol. The molecule has 8 heteroatoms. The predicted molar refractivity (Wildman–Crippen MR) is 109 cm³/mol. The molecule has 0 bridgehead atoms. The first kappa shape index (κ1) is 18.2. The van der Waals surface area contributed by atoms with E-state index in [1.807, 2.05) is 23.8 Å². The van der Waals surface area contributed by atoms with Crippen LogP contribution in [0.4, 0.5) is 10.8 Å². The highest BCUT2D eigenvalue weighted by molar-refractivity contribution is 7.98. The van der Waals surface area contributed by atoms with E-state index in [1.54, 1.807) is 23.6 Å². The molecule has 1 fully saturated rings. The van der Waals surface area contributed by atoms with Crippen molar-refractivity contribution in [2.24, 2.45) is 0 Å². The lowest BCUT2D eigenvalue weighted by Gasteiger charge is -2.18. The summed E-state index contributed by atoms with van der Waals surface area (Å²) in [5.74, 6) is 0.670. The molecule has 4 rings (SSSR count). The van der Waals surface area contributed by atoms with Gasteiger partial charge in [0, 0.05) is 24.1 Å². The number of hydrogen-bond acceptors (Lipinski definition) is 6. The van der Waals surface area contributed by atoms with Crippen molar-refractivity contribution in [3.05, 3.63) is 47.2 Å². The molecule has 27 heavy (non-hydrogen) atoms. The first-order valence-corrected chi connectivity index (χ1v) is 10.9. The van der Waals surface area contributed by atoms with E-state index in [-0.39, 0.29) is 5.91 Å². The van der Waals surface area contributed by atoms with Gasteiger partial charge in [-0.3, -0.25) is 9.69 Å². The summed E-state index contributed by atoms with van der Waals surface area (Å²) in [6.45, 7) is 3.69. The Morgan fingerprint density at radius 2 is 2.11 bits per heavy atom. The Bertz CT molecular complexity index is 930. The fraction of sp³-hybridized carbons (Fsp3) is 0.368. The number of aromatic nitrogens is 4. The zero-order valence-corrected chi connectivity index (χ0v) is 17.0. The topological polar surface area (TPSA) is 63.9 Å². The van der Waals surface area contributed by atoms with Gasteiger partial charge in [0.15, 0.2) is 10.3 Å². The number of rotatable bonds is 7. The second-order valence-electron chi connectivity index (χ2n) is 6.54. The number of carbonyl (C=O) groups excluding carboxylic acids is 1. The van der Waals surface area contributed by atoms with Crippen LogP contribution in [0.5, 0.6) is 0 Å². The lowest BCUT2D eigenvalue weighted by molar-refractivity contribution is -0.115. The maximum Gasteiger partial charge on any atom is 0.230 e. The fourth-order valence-electron chi connectivity index (χ4n) is 2.85. The van der Waals surface area contributed by atoms with E-state index in [9.17, 15) is 4.79 Å². The molecule has 0 aliphatic heterocycles. The standard InChI is InChI=1S/C19H21N5OS2/c1-3-14-4-6-17(7-5-14)24(13(2)25)18-21-15(10-26-18)11-27-19-22-20-12-23(19)16-8-9-16/h4-7,10,12,16H,3,8-9,11H2,1-2H3. The molecule has 6 nitrogen and oxygen atoms in total. The number of thioether (sulfide) groups is 1. The predicted octanol–water partition coefficient (Wildman–Crippen LogP) is 4.61.